The molecular formula is C23H23N3O4. The first-order valence-corrected chi connectivity index (χ1v) is 9.55. The van der Waals surface area contributed by atoms with Crippen LogP contribution in [0.1, 0.15) is 50.0 Å². The molecule has 1 heterocycles. The van der Waals surface area contributed by atoms with Crippen LogP contribution < -0.4 is 5.32 Å². The van der Waals surface area contributed by atoms with Crippen LogP contribution in [0.2, 0.25) is 0 Å². The Hall–Kier alpha value is -3.79. The Morgan fingerprint density at radius 2 is 1.83 bits per heavy atom. The molecule has 154 valence electrons. The molecule has 30 heavy (non-hydrogen) atoms. The monoisotopic (exact) mass is 405 g/mol. The van der Waals surface area contributed by atoms with Crippen molar-refractivity contribution >= 4 is 28.5 Å². The molecule has 0 aliphatic carbocycles. The molecule has 7 heteroatoms. The molecule has 2 N–H and O–H groups in total. The highest BCUT2D eigenvalue weighted by molar-refractivity contribution is 6.06. The van der Waals surface area contributed by atoms with E-state index >= 15 is 0 Å². The summed E-state index contributed by atoms with van der Waals surface area (Å²) in [4.78, 5) is 24.1. The van der Waals surface area contributed by atoms with Crippen LogP contribution in [0.4, 0.5) is 5.69 Å². The number of nitrogens with one attached hydrogen (secondary N) is 1. The third-order valence-electron chi connectivity index (χ3n) is 4.43. The number of nitrogens with zero attached hydrogens (tertiary/aromatic N) is 2. The minimum Gasteiger partial charge on any atom is -0.506 e. The molecule has 0 radical (unpaired) electrons. The van der Waals surface area contributed by atoms with E-state index in [0.29, 0.717) is 27.7 Å². The quantitative estimate of drug-likeness (QED) is 0.491. The maximum absolute atomic E-state index is 12.2. The van der Waals surface area contributed by atoms with Crippen molar-refractivity contribution in [3.8, 4) is 17.5 Å². The maximum Gasteiger partial charge on any atom is 0.338 e. The van der Waals surface area contributed by atoms with Gasteiger partial charge in [0.1, 0.15) is 17.4 Å². The van der Waals surface area contributed by atoms with Gasteiger partial charge in [0.25, 0.3) is 0 Å². The standard InChI is InChI=1S/C23H23N3O4/c1-5-19(28)25-21-18(27)11-10-17-20(21)15(12-24)13-26(17)16-8-6-14(7-9-16)22(29)30-23(2,3)4/h6-11,13,27H,5H2,1-4H3,(H,25,28). The van der Waals surface area contributed by atoms with E-state index in [1.807, 2.05) is 0 Å². The molecule has 3 rings (SSSR count). The van der Waals surface area contributed by atoms with Crippen molar-refractivity contribution in [2.45, 2.75) is 39.7 Å². The Labute approximate surface area is 174 Å². The van der Waals surface area contributed by atoms with Crippen LogP contribution in [0.5, 0.6) is 5.75 Å². The summed E-state index contributed by atoms with van der Waals surface area (Å²) < 4.78 is 7.15. The fraction of sp³-hybridized carbons (Fsp3) is 0.261. The average Bonchev–Trinajstić information content (AvgIpc) is 3.07. The number of hydrogen-bond donors (Lipinski definition) is 2. The molecular weight excluding hydrogens is 382 g/mol. The Morgan fingerprint density at radius 3 is 2.40 bits per heavy atom. The SMILES string of the molecule is CCC(=O)Nc1c(O)ccc2c1c(C#N)cn2-c1ccc(C(=O)OC(C)(C)C)cc1. The summed E-state index contributed by atoms with van der Waals surface area (Å²) in [6.07, 6.45) is 1.87. The highest BCUT2D eigenvalue weighted by atomic mass is 16.6. The molecule has 0 unspecified atom stereocenters. The van der Waals surface area contributed by atoms with Crippen LogP contribution in [0.15, 0.2) is 42.6 Å². The van der Waals surface area contributed by atoms with Crippen LogP contribution >= 0.6 is 0 Å². The lowest BCUT2D eigenvalue weighted by Crippen LogP contribution is -2.23. The van der Waals surface area contributed by atoms with Gasteiger partial charge in [0.2, 0.25) is 5.91 Å². The van der Waals surface area contributed by atoms with Gasteiger partial charge in [-0.05, 0) is 57.2 Å². The van der Waals surface area contributed by atoms with Crippen molar-refractivity contribution in [1.82, 2.24) is 4.57 Å². The van der Waals surface area contributed by atoms with E-state index in [-0.39, 0.29) is 23.8 Å². The lowest BCUT2D eigenvalue weighted by Gasteiger charge is -2.19. The highest BCUT2D eigenvalue weighted by Crippen LogP contribution is 2.37. The number of phenols is 1. The van der Waals surface area contributed by atoms with Crippen LogP contribution in [0.3, 0.4) is 0 Å². The van der Waals surface area contributed by atoms with Gasteiger partial charge in [-0.1, -0.05) is 6.92 Å². The number of hydrogen-bond acceptors (Lipinski definition) is 5. The second kappa shape index (κ2) is 7.91. The van der Waals surface area contributed by atoms with Gasteiger partial charge in [0, 0.05) is 23.7 Å². The van der Waals surface area contributed by atoms with Gasteiger partial charge in [-0.25, -0.2) is 4.79 Å². The smallest absolute Gasteiger partial charge is 0.338 e. The van der Waals surface area contributed by atoms with E-state index in [0.717, 1.165) is 0 Å². The zero-order chi connectivity index (χ0) is 22.1. The third kappa shape index (κ3) is 4.13. The topological polar surface area (TPSA) is 104 Å². The first-order chi connectivity index (χ1) is 14.1. The fourth-order valence-electron chi connectivity index (χ4n) is 3.07. The lowest BCUT2D eigenvalue weighted by molar-refractivity contribution is -0.115. The molecule has 0 aliphatic rings. The number of phenolic OH excluding ortho intramolecular Hbond substituents is 1. The number of benzene rings is 2. The van der Waals surface area contributed by atoms with E-state index in [1.54, 1.807) is 68.8 Å². The van der Waals surface area contributed by atoms with Crippen molar-refractivity contribution in [1.29, 1.82) is 5.26 Å². The summed E-state index contributed by atoms with van der Waals surface area (Å²) in [5, 5.41) is 23.0. The molecule has 0 atom stereocenters. The normalized spacial score (nSPS) is 11.2. The van der Waals surface area contributed by atoms with Crippen molar-refractivity contribution < 1.29 is 19.4 Å². The predicted molar refractivity (Wildman–Crippen MR) is 114 cm³/mol. The minimum absolute atomic E-state index is 0.112. The molecule has 1 amide bonds. The number of fused-ring (bicyclic) bond motifs is 1. The molecule has 0 saturated heterocycles. The summed E-state index contributed by atoms with van der Waals surface area (Å²) in [5.74, 6) is -0.798. The van der Waals surface area contributed by atoms with E-state index < -0.39 is 11.6 Å². The van der Waals surface area contributed by atoms with Gasteiger partial charge >= 0.3 is 5.97 Å². The van der Waals surface area contributed by atoms with Crippen molar-refractivity contribution in [2.24, 2.45) is 0 Å². The Morgan fingerprint density at radius 1 is 1.17 bits per heavy atom. The van der Waals surface area contributed by atoms with Gasteiger partial charge in [0.05, 0.1) is 22.3 Å². The molecule has 1 aromatic heterocycles. The lowest BCUT2D eigenvalue weighted by atomic mass is 10.1. The number of carbonyl (C=O) groups excluding carboxylic acids is 2. The summed E-state index contributed by atoms with van der Waals surface area (Å²) >= 11 is 0. The Kier molecular flexibility index (Phi) is 5.52. The van der Waals surface area contributed by atoms with E-state index in [1.165, 1.54) is 6.07 Å². The molecule has 2 aromatic carbocycles. The predicted octanol–water partition coefficient (Wildman–Crippen LogP) is 4.51. The highest BCUT2D eigenvalue weighted by Gasteiger charge is 2.20. The van der Waals surface area contributed by atoms with Crippen molar-refractivity contribution in [2.75, 3.05) is 5.32 Å². The second-order valence-corrected chi connectivity index (χ2v) is 7.83. The summed E-state index contributed by atoms with van der Waals surface area (Å²) in [6.45, 7) is 7.12. The summed E-state index contributed by atoms with van der Waals surface area (Å²) in [6, 6.07) is 12.1. The minimum atomic E-state index is -0.588. The van der Waals surface area contributed by atoms with Gasteiger partial charge in [-0.3, -0.25) is 4.79 Å². The van der Waals surface area contributed by atoms with E-state index in [2.05, 4.69) is 11.4 Å². The second-order valence-electron chi connectivity index (χ2n) is 7.83. The molecule has 0 fully saturated rings. The first kappa shape index (κ1) is 20.9. The Balaban J connectivity index is 2.07. The maximum atomic E-state index is 12.2. The fourth-order valence-corrected chi connectivity index (χ4v) is 3.07. The summed E-state index contributed by atoms with van der Waals surface area (Å²) in [5.41, 5.74) is 1.70. The zero-order valence-electron chi connectivity index (χ0n) is 17.3. The van der Waals surface area contributed by atoms with Crippen LogP contribution in [-0.4, -0.2) is 27.2 Å². The average molecular weight is 405 g/mol. The number of esters is 1. The van der Waals surface area contributed by atoms with Crippen LogP contribution in [0.25, 0.3) is 16.6 Å². The Bertz CT molecular complexity index is 1160. The molecule has 0 bridgehead atoms. The van der Waals surface area contributed by atoms with E-state index in [9.17, 15) is 20.0 Å². The number of aromatic hydroxyl groups is 1. The molecule has 0 spiro atoms. The first-order valence-electron chi connectivity index (χ1n) is 9.55. The third-order valence-corrected chi connectivity index (χ3v) is 4.43. The number of nitriles is 1. The molecule has 7 nitrogen and oxygen atoms in total. The zero-order valence-corrected chi connectivity index (χ0v) is 17.3. The van der Waals surface area contributed by atoms with Gasteiger partial charge in [-0.15, -0.1) is 0 Å². The number of ether oxygens (including phenoxy) is 1. The van der Waals surface area contributed by atoms with Crippen molar-refractivity contribution in [3.05, 3.63) is 53.7 Å². The van der Waals surface area contributed by atoms with E-state index in [4.69, 9.17) is 4.74 Å². The van der Waals surface area contributed by atoms with Gasteiger partial charge < -0.3 is 19.7 Å². The van der Waals surface area contributed by atoms with Gasteiger partial charge in [0.15, 0.2) is 0 Å². The van der Waals surface area contributed by atoms with Crippen molar-refractivity contribution in [3.63, 3.8) is 0 Å². The number of amides is 1. The summed E-state index contributed by atoms with van der Waals surface area (Å²) in [7, 11) is 0. The molecule has 0 aliphatic heterocycles. The molecule has 3 aromatic rings. The van der Waals surface area contributed by atoms with Crippen LogP contribution in [-0.2, 0) is 9.53 Å². The number of carbonyl (C=O) groups is 2. The molecule has 0 saturated carbocycles. The van der Waals surface area contributed by atoms with Gasteiger partial charge in [-0.2, -0.15) is 5.26 Å². The number of rotatable bonds is 4. The largest absolute Gasteiger partial charge is 0.506 e. The number of anilines is 1. The number of aromatic nitrogens is 1. The van der Waals surface area contributed by atoms with Crippen LogP contribution in [0, 0.1) is 11.3 Å².